The lowest BCUT2D eigenvalue weighted by atomic mass is 10.1. The Hall–Kier alpha value is -2.84. The van der Waals surface area contributed by atoms with Gasteiger partial charge in [0.1, 0.15) is 5.75 Å². The molecule has 0 spiro atoms. The van der Waals surface area contributed by atoms with Crippen LogP contribution in [-0.4, -0.2) is 55.1 Å². The van der Waals surface area contributed by atoms with Crippen molar-refractivity contribution in [3.8, 4) is 5.75 Å². The van der Waals surface area contributed by atoms with Crippen molar-refractivity contribution in [2.75, 3.05) is 43.5 Å². The van der Waals surface area contributed by atoms with Crippen LogP contribution in [0.4, 0.5) is 11.4 Å². The van der Waals surface area contributed by atoms with Crippen LogP contribution in [0.5, 0.6) is 5.75 Å². The average Bonchev–Trinajstić information content (AvgIpc) is 2.78. The molecule has 1 saturated heterocycles. The van der Waals surface area contributed by atoms with Crippen LogP contribution in [0.1, 0.15) is 30.6 Å². The van der Waals surface area contributed by atoms with Crippen molar-refractivity contribution >= 4 is 52.1 Å². The standard InChI is InChI=1S/C24H29ClN4O3S/c1-16(2)14-22(30)29-12-10-28(11-13-29)20-9-8-17(25)15-19(20)26-24(33)27-23(31)18-6-4-5-7-21(18)32-3/h4-9,15-16H,10-14H2,1-3H3,(H2,26,27,31,33). The van der Waals surface area contributed by atoms with Gasteiger partial charge in [-0.15, -0.1) is 0 Å². The molecule has 2 amide bonds. The third-order valence-electron chi connectivity index (χ3n) is 5.34. The van der Waals surface area contributed by atoms with E-state index in [2.05, 4.69) is 29.4 Å². The molecule has 7 nitrogen and oxygen atoms in total. The highest BCUT2D eigenvalue weighted by molar-refractivity contribution is 7.80. The largest absolute Gasteiger partial charge is 0.496 e. The molecule has 0 bridgehead atoms. The number of methoxy groups -OCH3 is 1. The summed E-state index contributed by atoms with van der Waals surface area (Å²) in [6.07, 6.45) is 0.563. The molecule has 1 fully saturated rings. The highest BCUT2D eigenvalue weighted by atomic mass is 35.5. The summed E-state index contributed by atoms with van der Waals surface area (Å²) in [5.74, 6) is 0.631. The molecule has 9 heteroatoms. The SMILES string of the molecule is COc1ccccc1C(=O)NC(=S)Nc1cc(Cl)ccc1N1CCN(C(=O)CC(C)C)CC1. The summed E-state index contributed by atoms with van der Waals surface area (Å²) >= 11 is 11.6. The van der Waals surface area contributed by atoms with Crippen LogP contribution in [0, 0.1) is 5.92 Å². The second kappa shape index (κ2) is 11.3. The first kappa shape index (κ1) is 24.8. The van der Waals surface area contributed by atoms with E-state index in [1.165, 1.54) is 7.11 Å². The third kappa shape index (κ3) is 6.58. The molecule has 0 saturated carbocycles. The maximum Gasteiger partial charge on any atom is 0.261 e. The summed E-state index contributed by atoms with van der Waals surface area (Å²) in [5.41, 5.74) is 1.98. The Labute approximate surface area is 205 Å². The van der Waals surface area contributed by atoms with Gasteiger partial charge in [-0.1, -0.05) is 37.6 Å². The molecular weight excluding hydrogens is 460 g/mol. The van der Waals surface area contributed by atoms with E-state index in [9.17, 15) is 9.59 Å². The third-order valence-corrected chi connectivity index (χ3v) is 5.78. The highest BCUT2D eigenvalue weighted by Gasteiger charge is 2.23. The first-order valence-corrected chi connectivity index (χ1v) is 11.6. The second-order valence-electron chi connectivity index (χ2n) is 8.24. The van der Waals surface area contributed by atoms with Crippen molar-refractivity contribution in [2.24, 2.45) is 5.92 Å². The van der Waals surface area contributed by atoms with Crippen LogP contribution in [0.3, 0.4) is 0 Å². The number of hydrogen-bond donors (Lipinski definition) is 2. The lowest BCUT2D eigenvalue weighted by molar-refractivity contribution is -0.132. The Morgan fingerprint density at radius 1 is 1.12 bits per heavy atom. The molecule has 33 heavy (non-hydrogen) atoms. The minimum atomic E-state index is -0.370. The topological polar surface area (TPSA) is 73.9 Å². The van der Waals surface area contributed by atoms with Crippen LogP contribution < -0.4 is 20.3 Å². The van der Waals surface area contributed by atoms with Gasteiger partial charge in [0.15, 0.2) is 5.11 Å². The first-order chi connectivity index (χ1) is 15.8. The van der Waals surface area contributed by atoms with Crippen molar-refractivity contribution in [3.05, 3.63) is 53.1 Å². The summed E-state index contributed by atoms with van der Waals surface area (Å²) in [7, 11) is 1.51. The van der Waals surface area contributed by atoms with Gasteiger partial charge in [0, 0.05) is 37.6 Å². The lowest BCUT2D eigenvalue weighted by Gasteiger charge is -2.37. The maximum absolute atomic E-state index is 12.7. The molecule has 2 aromatic carbocycles. The van der Waals surface area contributed by atoms with E-state index < -0.39 is 0 Å². The minimum Gasteiger partial charge on any atom is -0.496 e. The predicted octanol–water partition coefficient (Wildman–Crippen LogP) is 4.17. The van der Waals surface area contributed by atoms with Crippen LogP contribution in [0.2, 0.25) is 5.02 Å². The number of nitrogens with one attached hydrogen (secondary N) is 2. The molecule has 0 unspecified atom stereocenters. The van der Waals surface area contributed by atoms with Crippen molar-refractivity contribution in [2.45, 2.75) is 20.3 Å². The molecule has 2 N–H and O–H groups in total. The Bertz CT molecular complexity index is 1020. The fraction of sp³-hybridized carbons (Fsp3) is 0.375. The van der Waals surface area contributed by atoms with Gasteiger partial charge in [-0.2, -0.15) is 0 Å². The van der Waals surface area contributed by atoms with E-state index in [4.69, 9.17) is 28.6 Å². The molecule has 1 aliphatic heterocycles. The molecule has 1 aliphatic rings. The molecule has 0 aromatic heterocycles. The number of hydrogen-bond acceptors (Lipinski definition) is 5. The van der Waals surface area contributed by atoms with E-state index in [1.807, 2.05) is 17.0 Å². The number of benzene rings is 2. The van der Waals surface area contributed by atoms with Crippen LogP contribution >= 0.6 is 23.8 Å². The number of anilines is 2. The number of para-hydroxylation sites is 1. The number of carbonyl (C=O) groups is 2. The van der Waals surface area contributed by atoms with E-state index >= 15 is 0 Å². The second-order valence-corrected chi connectivity index (χ2v) is 9.08. The molecule has 0 atom stereocenters. The molecule has 1 heterocycles. The van der Waals surface area contributed by atoms with Gasteiger partial charge in [-0.05, 0) is 48.5 Å². The van der Waals surface area contributed by atoms with Crippen molar-refractivity contribution < 1.29 is 14.3 Å². The summed E-state index contributed by atoms with van der Waals surface area (Å²) in [6.45, 7) is 6.80. The van der Waals surface area contributed by atoms with E-state index in [-0.39, 0.29) is 16.9 Å². The van der Waals surface area contributed by atoms with Gasteiger partial charge >= 0.3 is 0 Å². The summed E-state index contributed by atoms with van der Waals surface area (Å²) in [5, 5.41) is 6.49. The molecule has 0 aliphatic carbocycles. The van der Waals surface area contributed by atoms with Crippen LogP contribution in [-0.2, 0) is 4.79 Å². The van der Waals surface area contributed by atoms with Crippen LogP contribution in [0.25, 0.3) is 0 Å². The zero-order valence-electron chi connectivity index (χ0n) is 19.1. The van der Waals surface area contributed by atoms with Crippen molar-refractivity contribution in [1.29, 1.82) is 0 Å². The average molecular weight is 489 g/mol. The number of amides is 2. The van der Waals surface area contributed by atoms with E-state index in [0.29, 0.717) is 60.5 Å². The van der Waals surface area contributed by atoms with Crippen LogP contribution in [0.15, 0.2) is 42.5 Å². The monoisotopic (exact) mass is 488 g/mol. The summed E-state index contributed by atoms with van der Waals surface area (Å²) in [6, 6.07) is 12.4. The zero-order valence-corrected chi connectivity index (χ0v) is 20.6. The molecule has 0 radical (unpaired) electrons. The Balaban J connectivity index is 1.67. The van der Waals surface area contributed by atoms with Gasteiger partial charge in [0.05, 0.1) is 24.0 Å². The number of carbonyl (C=O) groups excluding carboxylic acids is 2. The van der Waals surface area contributed by atoms with E-state index in [1.54, 1.807) is 30.3 Å². The molecular formula is C24H29ClN4O3S. The van der Waals surface area contributed by atoms with Gasteiger partial charge in [0.25, 0.3) is 5.91 Å². The van der Waals surface area contributed by atoms with Gasteiger partial charge in [-0.3, -0.25) is 14.9 Å². The Morgan fingerprint density at radius 3 is 2.48 bits per heavy atom. The van der Waals surface area contributed by atoms with Gasteiger partial charge in [0.2, 0.25) is 5.91 Å². The number of nitrogens with zero attached hydrogens (tertiary/aromatic N) is 2. The number of ether oxygens (including phenoxy) is 1. The Kier molecular flexibility index (Phi) is 8.52. The smallest absolute Gasteiger partial charge is 0.261 e. The van der Waals surface area contributed by atoms with Gasteiger partial charge in [-0.25, -0.2) is 0 Å². The maximum atomic E-state index is 12.7. The Morgan fingerprint density at radius 2 is 1.82 bits per heavy atom. The number of halogens is 1. The van der Waals surface area contributed by atoms with Gasteiger partial charge < -0.3 is 19.9 Å². The molecule has 176 valence electrons. The quantitative estimate of drug-likeness (QED) is 0.594. The number of thiocarbonyl (C=S) groups is 1. The van der Waals surface area contributed by atoms with E-state index in [0.717, 1.165) is 5.69 Å². The molecule has 2 aromatic rings. The van der Waals surface area contributed by atoms with Crippen molar-refractivity contribution in [1.82, 2.24) is 10.2 Å². The lowest BCUT2D eigenvalue weighted by Crippen LogP contribution is -2.49. The van der Waals surface area contributed by atoms with Crippen molar-refractivity contribution in [3.63, 3.8) is 0 Å². The summed E-state index contributed by atoms with van der Waals surface area (Å²) < 4.78 is 5.25. The number of rotatable bonds is 6. The predicted molar refractivity (Wildman–Crippen MR) is 136 cm³/mol. The fourth-order valence-electron chi connectivity index (χ4n) is 3.72. The summed E-state index contributed by atoms with van der Waals surface area (Å²) in [4.78, 5) is 29.1. The minimum absolute atomic E-state index is 0.153. The first-order valence-electron chi connectivity index (χ1n) is 10.9. The zero-order chi connectivity index (χ0) is 24.0. The highest BCUT2D eigenvalue weighted by Crippen LogP contribution is 2.30. The number of piperazine rings is 1. The molecule has 3 rings (SSSR count). The normalized spacial score (nSPS) is 13.6. The fourth-order valence-corrected chi connectivity index (χ4v) is 4.09.